The average molecular weight is 447 g/mol. The highest BCUT2D eigenvalue weighted by Gasteiger charge is 2.48. The molecule has 0 saturated heterocycles. The highest BCUT2D eigenvalue weighted by Crippen LogP contribution is 2.52. The Morgan fingerprint density at radius 3 is 1.63 bits per heavy atom. The second-order valence-corrected chi connectivity index (χ2v) is 11.6. The predicted octanol–water partition coefficient (Wildman–Crippen LogP) is 6.15. The minimum Gasteiger partial charge on any atom is -0.373 e. The molecule has 0 heterocycles. The summed E-state index contributed by atoms with van der Waals surface area (Å²) in [5.41, 5.74) is 0. The Labute approximate surface area is 186 Å². The summed E-state index contributed by atoms with van der Waals surface area (Å²) in [4.78, 5) is 19.1. The van der Waals surface area contributed by atoms with E-state index in [1.807, 2.05) is 27.2 Å². The molecular weight excluding hydrogens is 397 g/mol. The van der Waals surface area contributed by atoms with Crippen LogP contribution >= 0.6 is 7.60 Å². The van der Waals surface area contributed by atoms with E-state index in [9.17, 15) is 19.5 Å². The fourth-order valence-electron chi connectivity index (χ4n) is 3.61. The maximum absolute atomic E-state index is 11.7. The van der Waals surface area contributed by atoms with Gasteiger partial charge in [-0.1, -0.05) is 76.2 Å². The van der Waals surface area contributed by atoms with Gasteiger partial charge >= 0.3 is 7.60 Å². The van der Waals surface area contributed by atoms with Crippen molar-refractivity contribution in [3.05, 3.63) is 24.3 Å². The summed E-state index contributed by atoms with van der Waals surface area (Å²) in [5.74, 6) is 0. The van der Waals surface area contributed by atoms with Crippen LogP contribution in [0.1, 0.15) is 96.8 Å². The van der Waals surface area contributed by atoms with Gasteiger partial charge in [-0.3, -0.25) is 4.57 Å². The molecule has 0 bridgehead atoms. The standard InChI is InChI=1S/C24H48NO4P/c1-5-6-7-8-9-10-11-12-13-14-15-16-17-18-19-20-21-22-24(26,30(27,28)29)23-25(2,3)4/h14-15,19-20,26H,5-13,16-18,21-23H2,1-4H3,(H-,27,28,29)/p+1/b15-14-,20-19-. The Morgan fingerprint density at radius 2 is 1.17 bits per heavy atom. The van der Waals surface area contributed by atoms with Crippen LogP contribution in [0.25, 0.3) is 0 Å². The molecular formula is C24H49NO4P+. The molecule has 0 rings (SSSR count). The molecule has 0 saturated carbocycles. The van der Waals surface area contributed by atoms with E-state index in [2.05, 4.69) is 25.2 Å². The van der Waals surface area contributed by atoms with Crippen LogP contribution in [-0.2, 0) is 4.57 Å². The summed E-state index contributed by atoms with van der Waals surface area (Å²) in [6.45, 7) is 2.28. The van der Waals surface area contributed by atoms with Crippen molar-refractivity contribution < 1.29 is 23.9 Å². The topological polar surface area (TPSA) is 77.8 Å². The molecule has 0 aliphatic heterocycles. The molecule has 0 aromatic heterocycles. The quantitative estimate of drug-likeness (QED) is 0.0962. The van der Waals surface area contributed by atoms with Gasteiger partial charge in [-0.25, -0.2) is 0 Å². The lowest BCUT2D eigenvalue weighted by Gasteiger charge is -2.35. The number of unbranched alkanes of at least 4 members (excludes halogenated alkanes) is 10. The molecule has 178 valence electrons. The highest BCUT2D eigenvalue weighted by atomic mass is 31.2. The Bertz CT molecular complexity index is 522. The van der Waals surface area contributed by atoms with Crippen LogP contribution in [-0.4, -0.2) is 52.4 Å². The maximum Gasteiger partial charge on any atom is 0.362 e. The fourth-order valence-corrected chi connectivity index (χ4v) is 4.64. The van der Waals surface area contributed by atoms with E-state index < -0.39 is 12.9 Å². The van der Waals surface area contributed by atoms with Crippen LogP contribution in [0.2, 0.25) is 0 Å². The number of hydrogen-bond donors (Lipinski definition) is 3. The lowest BCUT2D eigenvalue weighted by Crippen LogP contribution is -2.49. The van der Waals surface area contributed by atoms with Crippen molar-refractivity contribution >= 4 is 7.60 Å². The van der Waals surface area contributed by atoms with Crippen LogP contribution in [0.5, 0.6) is 0 Å². The normalized spacial score (nSPS) is 15.3. The second kappa shape index (κ2) is 16.2. The lowest BCUT2D eigenvalue weighted by molar-refractivity contribution is -0.875. The van der Waals surface area contributed by atoms with Crippen LogP contribution < -0.4 is 0 Å². The van der Waals surface area contributed by atoms with Crippen molar-refractivity contribution in [1.29, 1.82) is 0 Å². The zero-order valence-corrected chi connectivity index (χ0v) is 21.0. The van der Waals surface area contributed by atoms with Gasteiger partial charge in [0.1, 0.15) is 6.54 Å². The highest BCUT2D eigenvalue weighted by molar-refractivity contribution is 7.53. The number of rotatable bonds is 19. The summed E-state index contributed by atoms with van der Waals surface area (Å²) in [6, 6.07) is 0. The molecule has 0 aromatic carbocycles. The van der Waals surface area contributed by atoms with Crippen molar-refractivity contribution in [3.63, 3.8) is 0 Å². The molecule has 3 N–H and O–H groups in total. The van der Waals surface area contributed by atoms with E-state index in [4.69, 9.17) is 0 Å². The van der Waals surface area contributed by atoms with Crippen molar-refractivity contribution in [3.8, 4) is 0 Å². The fraction of sp³-hybridized carbons (Fsp3) is 0.833. The average Bonchev–Trinajstić information content (AvgIpc) is 2.62. The largest absolute Gasteiger partial charge is 0.373 e. The first-order chi connectivity index (χ1) is 14.0. The van der Waals surface area contributed by atoms with Gasteiger partial charge in [0.05, 0.1) is 21.1 Å². The number of likely N-dealkylation sites (N-methyl/N-ethyl adjacent to an activating group) is 1. The van der Waals surface area contributed by atoms with Crippen molar-refractivity contribution in [2.24, 2.45) is 0 Å². The third-order valence-corrected chi connectivity index (χ3v) is 6.73. The van der Waals surface area contributed by atoms with Gasteiger partial charge in [-0.05, 0) is 44.9 Å². The number of hydrogen-bond acceptors (Lipinski definition) is 2. The molecule has 0 radical (unpaired) electrons. The maximum atomic E-state index is 11.7. The summed E-state index contributed by atoms with van der Waals surface area (Å²) in [5, 5.41) is 8.52. The summed E-state index contributed by atoms with van der Waals surface area (Å²) in [7, 11) is 0.876. The molecule has 0 aliphatic carbocycles. The molecule has 1 unspecified atom stereocenters. The monoisotopic (exact) mass is 446 g/mol. The Balaban J connectivity index is 3.81. The number of allylic oxidation sites excluding steroid dienone is 4. The van der Waals surface area contributed by atoms with E-state index in [1.165, 1.54) is 57.8 Å². The van der Waals surface area contributed by atoms with Gasteiger partial charge in [0.25, 0.3) is 0 Å². The SMILES string of the molecule is CCCCCCCCCC/C=C\CCC/C=C\CCC(O)(C[N+](C)(C)C)P(=O)(O)O. The molecule has 6 heteroatoms. The molecule has 5 nitrogen and oxygen atoms in total. The summed E-state index contributed by atoms with van der Waals surface area (Å²) >= 11 is 0. The van der Waals surface area contributed by atoms with E-state index in [-0.39, 0.29) is 13.0 Å². The minimum atomic E-state index is -4.58. The zero-order valence-electron chi connectivity index (χ0n) is 20.1. The minimum absolute atomic E-state index is 0.0226. The van der Waals surface area contributed by atoms with Crippen molar-refractivity contribution in [1.82, 2.24) is 0 Å². The van der Waals surface area contributed by atoms with Crippen LogP contribution in [0.15, 0.2) is 24.3 Å². The number of quaternary nitrogens is 1. The first-order valence-electron chi connectivity index (χ1n) is 11.9. The van der Waals surface area contributed by atoms with Gasteiger partial charge in [-0.2, -0.15) is 0 Å². The Hall–Kier alpha value is -0.450. The first-order valence-corrected chi connectivity index (χ1v) is 13.5. The third-order valence-electron chi connectivity index (χ3n) is 5.28. The second-order valence-electron chi connectivity index (χ2n) is 9.65. The Kier molecular flexibility index (Phi) is 16.0. The van der Waals surface area contributed by atoms with Gasteiger partial charge < -0.3 is 19.4 Å². The molecule has 0 aromatic rings. The van der Waals surface area contributed by atoms with E-state index >= 15 is 0 Å². The molecule has 0 fully saturated rings. The van der Waals surface area contributed by atoms with Crippen LogP contribution in [0.4, 0.5) is 0 Å². The third kappa shape index (κ3) is 16.3. The predicted molar refractivity (Wildman–Crippen MR) is 128 cm³/mol. The van der Waals surface area contributed by atoms with Crippen LogP contribution in [0.3, 0.4) is 0 Å². The summed E-state index contributed by atoms with van der Waals surface area (Å²) < 4.78 is 12.0. The molecule has 0 amide bonds. The van der Waals surface area contributed by atoms with Gasteiger partial charge in [0.15, 0.2) is 0 Å². The molecule has 1 atom stereocenters. The van der Waals surface area contributed by atoms with E-state index in [0.717, 1.165) is 19.3 Å². The van der Waals surface area contributed by atoms with Crippen molar-refractivity contribution in [2.75, 3.05) is 27.7 Å². The van der Waals surface area contributed by atoms with E-state index in [0.29, 0.717) is 10.9 Å². The Morgan fingerprint density at radius 1 is 0.733 bits per heavy atom. The number of aliphatic hydroxyl groups is 1. The lowest BCUT2D eigenvalue weighted by atomic mass is 10.1. The smallest absolute Gasteiger partial charge is 0.362 e. The first kappa shape index (κ1) is 29.5. The van der Waals surface area contributed by atoms with E-state index in [1.54, 1.807) is 0 Å². The van der Waals surface area contributed by atoms with Gasteiger partial charge in [0, 0.05) is 0 Å². The molecule has 0 spiro atoms. The van der Waals surface area contributed by atoms with Gasteiger partial charge in [-0.15, -0.1) is 0 Å². The summed E-state index contributed by atoms with van der Waals surface area (Å²) in [6.07, 6.45) is 24.2. The zero-order chi connectivity index (χ0) is 22.9. The van der Waals surface area contributed by atoms with Crippen molar-refractivity contribution in [2.45, 2.75) is 102 Å². The molecule has 0 aliphatic rings. The van der Waals surface area contributed by atoms with Crippen LogP contribution in [0, 0.1) is 0 Å². The molecule has 30 heavy (non-hydrogen) atoms. The number of nitrogens with zero attached hydrogens (tertiary/aromatic N) is 1. The van der Waals surface area contributed by atoms with Gasteiger partial charge in [0.2, 0.25) is 5.34 Å².